The molecule has 0 fully saturated rings. The molecule has 0 aliphatic rings. The first-order chi connectivity index (χ1) is 16.5. The van der Waals surface area contributed by atoms with E-state index in [1.165, 1.54) is 77.0 Å². The number of carbonyl (C=O) groups excluding carboxylic acids is 2. The first-order valence-electron chi connectivity index (χ1n) is 14.5. The fourth-order valence-corrected chi connectivity index (χ4v) is 4.00. The second-order valence-corrected chi connectivity index (χ2v) is 10.1. The molecule has 0 aliphatic heterocycles. The Morgan fingerprint density at radius 3 is 1.41 bits per heavy atom. The minimum absolute atomic E-state index is 0.111. The average Bonchev–Trinajstić information content (AvgIpc) is 2.83. The monoisotopic (exact) mass is 484 g/mol. The number of aliphatic hydroxyl groups is 1. The van der Waals surface area contributed by atoms with Crippen LogP contribution < -0.4 is 0 Å². The molecule has 202 valence electrons. The molecule has 5 heteroatoms. The SMILES string of the molecule is CCCCCCCCCCCCC(=O)OC[C@H](O)COC(=O)CCCCCCCCC(C)CC. The minimum atomic E-state index is -0.953. The van der Waals surface area contributed by atoms with Crippen LogP contribution in [0.1, 0.15) is 149 Å². The number of rotatable bonds is 25. The van der Waals surface area contributed by atoms with Gasteiger partial charge in [0.25, 0.3) is 0 Å². The average molecular weight is 485 g/mol. The molecule has 0 heterocycles. The molecule has 0 aromatic carbocycles. The lowest BCUT2D eigenvalue weighted by Gasteiger charge is -2.12. The lowest BCUT2D eigenvalue weighted by molar-refractivity contribution is -0.152. The summed E-state index contributed by atoms with van der Waals surface area (Å²) < 4.78 is 10.2. The molecule has 0 rings (SSSR count). The quantitative estimate of drug-likeness (QED) is 0.105. The van der Waals surface area contributed by atoms with E-state index in [-0.39, 0.29) is 25.2 Å². The van der Waals surface area contributed by atoms with Crippen molar-refractivity contribution in [3.05, 3.63) is 0 Å². The number of ether oxygens (including phenoxy) is 2. The van der Waals surface area contributed by atoms with Gasteiger partial charge in [0.05, 0.1) is 0 Å². The van der Waals surface area contributed by atoms with Crippen LogP contribution in [0.15, 0.2) is 0 Å². The zero-order valence-electron chi connectivity index (χ0n) is 22.8. The fourth-order valence-electron chi connectivity index (χ4n) is 4.00. The van der Waals surface area contributed by atoms with Gasteiger partial charge in [-0.1, -0.05) is 124 Å². The Balaban J connectivity index is 3.46. The van der Waals surface area contributed by atoms with Crippen LogP contribution in [0.3, 0.4) is 0 Å². The van der Waals surface area contributed by atoms with Gasteiger partial charge < -0.3 is 14.6 Å². The predicted octanol–water partition coefficient (Wildman–Crippen LogP) is 7.91. The normalized spacial score (nSPS) is 12.9. The van der Waals surface area contributed by atoms with E-state index in [0.717, 1.165) is 44.4 Å². The Morgan fingerprint density at radius 1 is 0.618 bits per heavy atom. The molecule has 1 unspecified atom stereocenters. The van der Waals surface area contributed by atoms with Crippen LogP contribution in [0.5, 0.6) is 0 Å². The number of aliphatic hydroxyl groups excluding tert-OH is 1. The zero-order chi connectivity index (χ0) is 25.3. The molecule has 2 atom stereocenters. The first kappa shape index (κ1) is 32.9. The van der Waals surface area contributed by atoms with Crippen molar-refractivity contribution in [3.8, 4) is 0 Å². The summed E-state index contributed by atoms with van der Waals surface area (Å²) in [7, 11) is 0. The van der Waals surface area contributed by atoms with Crippen LogP contribution in [-0.2, 0) is 19.1 Å². The first-order valence-corrected chi connectivity index (χ1v) is 14.5. The molecule has 5 nitrogen and oxygen atoms in total. The lowest BCUT2D eigenvalue weighted by Crippen LogP contribution is -2.25. The summed E-state index contributed by atoms with van der Waals surface area (Å²) in [6.45, 7) is 6.57. The van der Waals surface area contributed by atoms with Gasteiger partial charge in [-0.25, -0.2) is 0 Å². The molecule has 0 spiro atoms. The van der Waals surface area contributed by atoms with E-state index in [1.54, 1.807) is 0 Å². The highest BCUT2D eigenvalue weighted by molar-refractivity contribution is 5.69. The highest BCUT2D eigenvalue weighted by atomic mass is 16.6. The van der Waals surface area contributed by atoms with Crippen LogP contribution >= 0.6 is 0 Å². The van der Waals surface area contributed by atoms with Gasteiger partial charge in [0, 0.05) is 12.8 Å². The van der Waals surface area contributed by atoms with Crippen molar-refractivity contribution in [3.63, 3.8) is 0 Å². The van der Waals surface area contributed by atoms with Crippen LogP contribution in [0.25, 0.3) is 0 Å². The third kappa shape index (κ3) is 24.0. The molecule has 0 saturated carbocycles. The Labute approximate surface area is 210 Å². The summed E-state index contributed by atoms with van der Waals surface area (Å²) in [5, 5.41) is 9.89. The van der Waals surface area contributed by atoms with Crippen molar-refractivity contribution in [1.82, 2.24) is 0 Å². The smallest absolute Gasteiger partial charge is 0.305 e. The van der Waals surface area contributed by atoms with E-state index in [1.807, 2.05) is 0 Å². The minimum Gasteiger partial charge on any atom is -0.463 e. The summed E-state index contributed by atoms with van der Waals surface area (Å²) in [5.74, 6) is 0.264. The molecule has 0 aromatic heterocycles. The molecular formula is C29H56O5. The van der Waals surface area contributed by atoms with Gasteiger partial charge in [-0.05, 0) is 18.8 Å². The summed E-state index contributed by atoms with van der Waals surface area (Å²) >= 11 is 0. The van der Waals surface area contributed by atoms with Gasteiger partial charge in [-0.15, -0.1) is 0 Å². The Bertz CT molecular complexity index is 465. The van der Waals surface area contributed by atoms with Gasteiger partial charge in [-0.2, -0.15) is 0 Å². The maximum absolute atomic E-state index is 11.8. The van der Waals surface area contributed by atoms with E-state index >= 15 is 0 Å². The van der Waals surface area contributed by atoms with Crippen LogP contribution in [-0.4, -0.2) is 36.4 Å². The van der Waals surface area contributed by atoms with Gasteiger partial charge in [0.15, 0.2) is 0 Å². The van der Waals surface area contributed by atoms with Crippen molar-refractivity contribution < 1.29 is 24.2 Å². The fraction of sp³-hybridized carbons (Fsp3) is 0.931. The third-order valence-electron chi connectivity index (χ3n) is 6.63. The zero-order valence-corrected chi connectivity index (χ0v) is 22.8. The van der Waals surface area contributed by atoms with Crippen molar-refractivity contribution in [1.29, 1.82) is 0 Å². The molecule has 34 heavy (non-hydrogen) atoms. The van der Waals surface area contributed by atoms with Crippen LogP contribution in [0.2, 0.25) is 0 Å². The van der Waals surface area contributed by atoms with Gasteiger partial charge in [-0.3, -0.25) is 9.59 Å². The highest BCUT2D eigenvalue weighted by Crippen LogP contribution is 2.15. The predicted molar refractivity (Wildman–Crippen MR) is 141 cm³/mol. The number of hydrogen-bond acceptors (Lipinski definition) is 5. The molecule has 0 amide bonds. The number of carbonyl (C=O) groups is 2. The van der Waals surface area contributed by atoms with Crippen LogP contribution in [0.4, 0.5) is 0 Å². The topological polar surface area (TPSA) is 72.8 Å². The summed E-state index contributed by atoms with van der Waals surface area (Å²) in [6.07, 6.45) is 21.5. The Kier molecular flexibility index (Phi) is 24.2. The molecule has 0 aliphatic carbocycles. The Morgan fingerprint density at radius 2 is 1.00 bits per heavy atom. The summed E-state index contributed by atoms with van der Waals surface area (Å²) in [6, 6.07) is 0. The third-order valence-corrected chi connectivity index (χ3v) is 6.63. The molecule has 0 saturated heterocycles. The van der Waals surface area contributed by atoms with Gasteiger partial charge >= 0.3 is 11.9 Å². The lowest BCUT2D eigenvalue weighted by atomic mass is 10.00. The second kappa shape index (κ2) is 25.0. The second-order valence-electron chi connectivity index (χ2n) is 10.1. The number of hydrogen-bond donors (Lipinski definition) is 1. The van der Waals surface area contributed by atoms with E-state index in [9.17, 15) is 14.7 Å². The summed E-state index contributed by atoms with van der Waals surface area (Å²) in [5.41, 5.74) is 0. The van der Waals surface area contributed by atoms with Crippen molar-refractivity contribution in [2.45, 2.75) is 155 Å². The molecule has 0 aromatic rings. The maximum atomic E-state index is 11.8. The van der Waals surface area contributed by atoms with Gasteiger partial charge in [0.1, 0.15) is 19.3 Å². The van der Waals surface area contributed by atoms with E-state index in [2.05, 4.69) is 20.8 Å². The van der Waals surface area contributed by atoms with E-state index in [4.69, 9.17) is 9.47 Å². The molecule has 0 bridgehead atoms. The van der Waals surface area contributed by atoms with Gasteiger partial charge in [0.2, 0.25) is 0 Å². The molecule has 1 N–H and O–H groups in total. The molecular weight excluding hydrogens is 428 g/mol. The summed E-state index contributed by atoms with van der Waals surface area (Å²) in [4.78, 5) is 23.6. The standard InChI is InChI=1S/C29H56O5/c1-4-6-7-8-9-10-11-12-16-19-22-28(31)33-24-27(30)25-34-29(32)23-20-17-14-13-15-18-21-26(3)5-2/h26-27,30H,4-25H2,1-3H3/t26?,27-/m0/s1. The molecule has 0 radical (unpaired) electrons. The van der Waals surface area contributed by atoms with Crippen LogP contribution in [0, 0.1) is 5.92 Å². The van der Waals surface area contributed by atoms with E-state index < -0.39 is 6.10 Å². The van der Waals surface area contributed by atoms with Crippen molar-refractivity contribution in [2.24, 2.45) is 5.92 Å². The highest BCUT2D eigenvalue weighted by Gasteiger charge is 2.12. The maximum Gasteiger partial charge on any atom is 0.305 e. The van der Waals surface area contributed by atoms with Crippen molar-refractivity contribution in [2.75, 3.05) is 13.2 Å². The largest absolute Gasteiger partial charge is 0.463 e. The Hall–Kier alpha value is -1.10. The number of unbranched alkanes of at least 4 members (excludes halogenated alkanes) is 14. The van der Waals surface area contributed by atoms with E-state index in [0.29, 0.717) is 12.8 Å². The van der Waals surface area contributed by atoms with Crippen molar-refractivity contribution >= 4 is 11.9 Å². The number of esters is 2.